The Kier molecular flexibility index (Phi) is 9.70. The molecule has 0 aromatic rings. The highest BCUT2D eigenvalue weighted by molar-refractivity contribution is 5.80. The lowest BCUT2D eigenvalue weighted by Crippen LogP contribution is -3.00. The van der Waals surface area contributed by atoms with Crippen molar-refractivity contribution in [3.05, 3.63) is 0 Å². The van der Waals surface area contributed by atoms with Crippen LogP contribution >= 0.6 is 0 Å². The zero-order valence-electron chi connectivity index (χ0n) is 13.5. The van der Waals surface area contributed by atoms with Gasteiger partial charge in [0.25, 0.3) is 5.84 Å². The summed E-state index contributed by atoms with van der Waals surface area (Å²) in [5.74, 6) is 1.88. The molecule has 0 rings (SSSR count). The van der Waals surface area contributed by atoms with Crippen molar-refractivity contribution in [1.29, 1.82) is 0 Å². The molecule has 4 nitrogen and oxygen atoms in total. The first-order chi connectivity index (χ1) is 7.73. The minimum Gasteiger partial charge on any atom is -1.00 e. The number of halogens is 1. The van der Waals surface area contributed by atoms with Crippen LogP contribution in [0, 0.1) is 5.92 Å². The molecule has 0 radical (unpaired) electrons. The average molecular weight is 279 g/mol. The minimum atomic E-state index is 0. The standard InChI is InChI=1S/C13H31N4.ClH/c1-10-11(12(14(2)3)15(4)5)13(16(6)7)17(8)9;/h11-12H,10H2,1-9H3;1H/q+1;/p-1. The van der Waals surface area contributed by atoms with E-state index in [9.17, 15) is 0 Å². The highest BCUT2D eigenvalue weighted by Crippen LogP contribution is 2.18. The predicted molar refractivity (Wildman–Crippen MR) is 75.7 cm³/mol. The quantitative estimate of drug-likeness (QED) is 0.243. The maximum absolute atomic E-state index is 2.29. The maximum atomic E-state index is 2.29. The van der Waals surface area contributed by atoms with Crippen LogP contribution in [-0.2, 0) is 0 Å². The van der Waals surface area contributed by atoms with Crippen molar-refractivity contribution in [2.45, 2.75) is 19.5 Å². The molecule has 0 saturated carbocycles. The van der Waals surface area contributed by atoms with Crippen LogP contribution < -0.4 is 12.4 Å². The van der Waals surface area contributed by atoms with E-state index >= 15 is 0 Å². The Bertz CT molecular complexity index is 250. The summed E-state index contributed by atoms with van der Waals surface area (Å²) >= 11 is 0. The predicted octanol–water partition coefficient (Wildman–Crippen LogP) is -2.30. The van der Waals surface area contributed by atoms with Crippen LogP contribution in [0.25, 0.3) is 0 Å². The summed E-state index contributed by atoms with van der Waals surface area (Å²) in [6, 6.07) is 0. The first kappa shape index (κ1) is 20.0. The molecule has 0 aliphatic heterocycles. The van der Waals surface area contributed by atoms with Gasteiger partial charge in [0.1, 0.15) is 0 Å². The van der Waals surface area contributed by atoms with Crippen molar-refractivity contribution in [3.8, 4) is 0 Å². The molecular weight excluding hydrogens is 248 g/mol. The Morgan fingerprint density at radius 2 is 1.33 bits per heavy atom. The fraction of sp³-hybridized carbons (Fsp3) is 0.923. The van der Waals surface area contributed by atoms with E-state index in [-0.39, 0.29) is 12.4 Å². The van der Waals surface area contributed by atoms with Crippen LogP contribution in [0.15, 0.2) is 0 Å². The number of amidine groups is 1. The molecule has 0 spiro atoms. The summed E-state index contributed by atoms with van der Waals surface area (Å²) < 4.78 is 2.23. The van der Waals surface area contributed by atoms with Gasteiger partial charge in [-0.05, 0) is 34.6 Å². The molecule has 0 saturated heterocycles. The molecule has 0 aliphatic rings. The van der Waals surface area contributed by atoms with Gasteiger partial charge in [-0.2, -0.15) is 0 Å². The lowest BCUT2D eigenvalue weighted by molar-refractivity contribution is -0.473. The second kappa shape index (κ2) is 8.73. The van der Waals surface area contributed by atoms with E-state index in [1.54, 1.807) is 0 Å². The van der Waals surface area contributed by atoms with Gasteiger partial charge in [-0.15, -0.1) is 0 Å². The van der Waals surface area contributed by atoms with Crippen LogP contribution in [0.3, 0.4) is 0 Å². The fourth-order valence-electron chi connectivity index (χ4n) is 2.77. The number of hydrogen-bond donors (Lipinski definition) is 0. The first-order valence-electron chi connectivity index (χ1n) is 6.28. The van der Waals surface area contributed by atoms with Gasteiger partial charge >= 0.3 is 0 Å². The van der Waals surface area contributed by atoms with Gasteiger partial charge in [-0.25, -0.2) is 0 Å². The molecule has 0 heterocycles. The minimum absolute atomic E-state index is 0. The molecule has 0 bridgehead atoms. The molecule has 5 heteroatoms. The van der Waals surface area contributed by atoms with Crippen LogP contribution in [0.2, 0.25) is 0 Å². The highest BCUT2D eigenvalue weighted by atomic mass is 35.5. The second-order valence-electron chi connectivity index (χ2n) is 5.50. The molecule has 0 aromatic carbocycles. The van der Waals surface area contributed by atoms with Crippen molar-refractivity contribution in [2.24, 2.45) is 5.92 Å². The summed E-state index contributed by atoms with van der Waals surface area (Å²) in [4.78, 5) is 6.82. The van der Waals surface area contributed by atoms with Gasteiger partial charge in [0.2, 0.25) is 0 Å². The zero-order valence-corrected chi connectivity index (χ0v) is 14.3. The van der Waals surface area contributed by atoms with Gasteiger partial charge in [0, 0.05) is 0 Å². The van der Waals surface area contributed by atoms with Gasteiger partial charge in [-0.3, -0.25) is 19.3 Å². The van der Waals surface area contributed by atoms with Crippen molar-refractivity contribution < 1.29 is 17.0 Å². The van der Waals surface area contributed by atoms with E-state index in [0.717, 1.165) is 6.42 Å². The number of nitrogens with zero attached hydrogens (tertiary/aromatic N) is 4. The SMILES string of the molecule is CCC(C(N(C)C)=[N+](C)C)C(N(C)C)N(C)C.[Cl-]. The molecular formula is C13H31ClN4. The van der Waals surface area contributed by atoms with Crippen LogP contribution in [0.1, 0.15) is 13.3 Å². The summed E-state index contributed by atoms with van der Waals surface area (Å²) in [6.45, 7) is 2.26. The van der Waals surface area contributed by atoms with Crippen molar-refractivity contribution >= 4 is 5.84 Å². The number of rotatable bonds is 5. The van der Waals surface area contributed by atoms with Crippen molar-refractivity contribution in [2.75, 3.05) is 56.4 Å². The van der Waals surface area contributed by atoms with E-state index in [2.05, 4.69) is 82.6 Å². The molecule has 18 heavy (non-hydrogen) atoms. The van der Waals surface area contributed by atoms with E-state index in [1.165, 1.54) is 5.84 Å². The van der Waals surface area contributed by atoms with Crippen LogP contribution in [0.5, 0.6) is 0 Å². The summed E-state index contributed by atoms with van der Waals surface area (Å²) in [7, 11) is 17.1. The molecule has 0 fully saturated rings. The fourth-order valence-corrected chi connectivity index (χ4v) is 2.77. The monoisotopic (exact) mass is 278 g/mol. The van der Waals surface area contributed by atoms with Gasteiger partial charge in [-0.1, -0.05) is 6.92 Å². The van der Waals surface area contributed by atoms with E-state index in [1.807, 2.05) is 0 Å². The lowest BCUT2D eigenvalue weighted by atomic mass is 9.98. The number of hydrogen-bond acceptors (Lipinski definition) is 2. The Morgan fingerprint density at radius 3 is 1.50 bits per heavy atom. The maximum Gasteiger partial charge on any atom is 0.252 e. The molecule has 1 atom stereocenters. The Hall–Kier alpha value is -0.320. The van der Waals surface area contributed by atoms with Gasteiger partial charge in [0.05, 0.1) is 40.3 Å². The van der Waals surface area contributed by atoms with E-state index < -0.39 is 0 Å². The molecule has 110 valence electrons. The summed E-state index contributed by atoms with van der Waals surface area (Å²) in [5.41, 5.74) is 0. The van der Waals surface area contributed by atoms with Gasteiger partial charge < -0.3 is 12.4 Å². The molecule has 0 aromatic heterocycles. The average Bonchev–Trinajstić information content (AvgIpc) is 2.13. The van der Waals surface area contributed by atoms with Gasteiger partial charge in [0.15, 0.2) is 0 Å². The first-order valence-corrected chi connectivity index (χ1v) is 6.28. The van der Waals surface area contributed by atoms with Crippen LogP contribution in [0.4, 0.5) is 0 Å². The normalized spacial score (nSPS) is 12.7. The second-order valence-corrected chi connectivity index (χ2v) is 5.50. The largest absolute Gasteiger partial charge is 1.00 e. The van der Waals surface area contributed by atoms with E-state index in [4.69, 9.17) is 0 Å². The third-order valence-corrected chi connectivity index (χ3v) is 3.11. The third kappa shape index (κ3) is 5.12. The molecule has 0 aliphatic carbocycles. The van der Waals surface area contributed by atoms with E-state index in [0.29, 0.717) is 12.1 Å². The summed E-state index contributed by atoms with van der Waals surface area (Å²) in [6.07, 6.45) is 1.55. The third-order valence-electron chi connectivity index (χ3n) is 3.11. The molecule has 0 N–H and O–H groups in total. The van der Waals surface area contributed by atoms with Crippen molar-refractivity contribution in [3.63, 3.8) is 0 Å². The lowest BCUT2D eigenvalue weighted by Gasteiger charge is -2.37. The summed E-state index contributed by atoms with van der Waals surface area (Å²) in [5, 5.41) is 0. The van der Waals surface area contributed by atoms with Crippen molar-refractivity contribution in [1.82, 2.24) is 14.7 Å². The Labute approximate surface area is 120 Å². The highest BCUT2D eigenvalue weighted by Gasteiger charge is 2.34. The topological polar surface area (TPSA) is 12.7 Å². The van der Waals surface area contributed by atoms with Crippen LogP contribution in [-0.4, -0.2) is 87.7 Å². The zero-order chi connectivity index (χ0) is 13.7. The Morgan fingerprint density at radius 1 is 0.944 bits per heavy atom. The molecule has 1 unspecified atom stereocenters. The molecule has 0 amide bonds. The Balaban J connectivity index is 0. The smallest absolute Gasteiger partial charge is 0.252 e.